The molecule has 0 amide bonds. The van der Waals surface area contributed by atoms with E-state index < -0.39 is 0 Å². The van der Waals surface area contributed by atoms with Crippen molar-refractivity contribution in [3.63, 3.8) is 0 Å². The number of hydrogen-bond acceptors (Lipinski definition) is 2. The average Bonchev–Trinajstić information content (AvgIpc) is 2.39. The molecule has 0 heterocycles. The maximum Gasteiger partial charge on any atom is 0.0551 e. The standard InChI is InChI=1S/C17H28O2/c1-14(2)17(12-18-5,13-19-6)16(3,4)15-10-8-7-9-11-15/h7-11,14H,12-13H2,1-6H3. The van der Waals surface area contributed by atoms with Gasteiger partial charge in [-0.1, -0.05) is 58.0 Å². The Bertz CT molecular complexity index is 362. The van der Waals surface area contributed by atoms with Crippen LogP contribution in [0.1, 0.15) is 33.3 Å². The minimum absolute atomic E-state index is 0.0194. The molecule has 1 aromatic rings. The molecule has 1 rings (SSSR count). The largest absolute Gasteiger partial charge is 0.384 e. The van der Waals surface area contributed by atoms with Crippen molar-refractivity contribution in [3.8, 4) is 0 Å². The van der Waals surface area contributed by atoms with E-state index in [0.29, 0.717) is 19.1 Å². The van der Waals surface area contributed by atoms with Crippen LogP contribution in [0.4, 0.5) is 0 Å². The van der Waals surface area contributed by atoms with Crippen molar-refractivity contribution in [2.45, 2.75) is 33.1 Å². The highest BCUT2D eigenvalue weighted by Crippen LogP contribution is 2.47. The zero-order valence-corrected chi connectivity index (χ0v) is 13.2. The van der Waals surface area contributed by atoms with Gasteiger partial charge in [-0.25, -0.2) is 0 Å². The molecule has 0 N–H and O–H groups in total. The number of rotatable bonds is 7. The molecule has 0 atom stereocenters. The molecule has 0 aliphatic carbocycles. The minimum atomic E-state index is -0.0438. The van der Waals surface area contributed by atoms with Crippen molar-refractivity contribution in [2.75, 3.05) is 27.4 Å². The lowest BCUT2D eigenvalue weighted by atomic mass is 9.57. The van der Waals surface area contributed by atoms with E-state index in [9.17, 15) is 0 Å². The highest BCUT2D eigenvalue weighted by atomic mass is 16.5. The van der Waals surface area contributed by atoms with E-state index in [1.54, 1.807) is 14.2 Å². The molecule has 2 nitrogen and oxygen atoms in total. The highest BCUT2D eigenvalue weighted by Gasteiger charge is 2.48. The van der Waals surface area contributed by atoms with E-state index in [1.165, 1.54) is 5.56 Å². The average molecular weight is 264 g/mol. The molecule has 19 heavy (non-hydrogen) atoms. The lowest BCUT2D eigenvalue weighted by molar-refractivity contribution is -0.0666. The van der Waals surface area contributed by atoms with Gasteiger partial charge < -0.3 is 9.47 Å². The molecule has 0 bridgehead atoms. The second-order valence-corrected chi connectivity index (χ2v) is 6.17. The van der Waals surface area contributed by atoms with Gasteiger partial charge in [0.1, 0.15) is 0 Å². The van der Waals surface area contributed by atoms with Crippen molar-refractivity contribution in [3.05, 3.63) is 35.9 Å². The molecule has 0 unspecified atom stereocenters. The predicted octanol–water partition coefficient (Wildman–Crippen LogP) is 3.90. The highest BCUT2D eigenvalue weighted by molar-refractivity contribution is 5.27. The Hall–Kier alpha value is -0.860. The van der Waals surface area contributed by atoms with Crippen LogP contribution >= 0.6 is 0 Å². The van der Waals surface area contributed by atoms with Gasteiger partial charge in [-0.05, 0) is 16.9 Å². The summed E-state index contributed by atoms with van der Waals surface area (Å²) in [4.78, 5) is 0. The molecule has 0 fully saturated rings. The van der Waals surface area contributed by atoms with E-state index in [4.69, 9.17) is 9.47 Å². The molecule has 0 aliphatic rings. The Morgan fingerprint density at radius 3 is 1.79 bits per heavy atom. The quantitative estimate of drug-likeness (QED) is 0.743. The van der Waals surface area contributed by atoms with Crippen molar-refractivity contribution in [2.24, 2.45) is 11.3 Å². The van der Waals surface area contributed by atoms with Crippen molar-refractivity contribution in [1.29, 1.82) is 0 Å². The Labute approximate surface area is 118 Å². The summed E-state index contributed by atoms with van der Waals surface area (Å²) in [7, 11) is 3.54. The van der Waals surface area contributed by atoms with Crippen LogP contribution in [0.3, 0.4) is 0 Å². The molecule has 108 valence electrons. The number of benzene rings is 1. The Kier molecular flexibility index (Phi) is 5.57. The predicted molar refractivity (Wildman–Crippen MR) is 80.5 cm³/mol. The molecular weight excluding hydrogens is 236 g/mol. The smallest absolute Gasteiger partial charge is 0.0551 e. The van der Waals surface area contributed by atoms with Crippen LogP contribution in [-0.2, 0) is 14.9 Å². The summed E-state index contributed by atoms with van der Waals surface area (Å²) in [6.07, 6.45) is 0. The summed E-state index contributed by atoms with van der Waals surface area (Å²) in [6.45, 7) is 10.5. The Morgan fingerprint density at radius 1 is 0.947 bits per heavy atom. The maximum atomic E-state index is 5.55. The first-order chi connectivity index (χ1) is 8.92. The molecule has 0 aliphatic heterocycles. The van der Waals surface area contributed by atoms with Gasteiger partial charge in [-0.3, -0.25) is 0 Å². The van der Waals surface area contributed by atoms with Gasteiger partial charge in [0, 0.05) is 19.6 Å². The summed E-state index contributed by atoms with van der Waals surface area (Å²) < 4.78 is 11.1. The first kappa shape index (κ1) is 16.2. The van der Waals surface area contributed by atoms with Gasteiger partial charge in [0.2, 0.25) is 0 Å². The molecule has 2 heteroatoms. The SMILES string of the molecule is COCC(COC)(C(C)C)C(C)(C)c1ccccc1. The lowest BCUT2D eigenvalue weighted by Gasteiger charge is -2.49. The van der Waals surface area contributed by atoms with E-state index in [-0.39, 0.29) is 10.8 Å². The van der Waals surface area contributed by atoms with Gasteiger partial charge in [-0.15, -0.1) is 0 Å². The van der Waals surface area contributed by atoms with Gasteiger partial charge in [-0.2, -0.15) is 0 Å². The van der Waals surface area contributed by atoms with E-state index >= 15 is 0 Å². The fourth-order valence-corrected chi connectivity index (χ4v) is 3.11. The zero-order chi connectivity index (χ0) is 14.5. The van der Waals surface area contributed by atoms with E-state index in [2.05, 4.69) is 58.0 Å². The number of methoxy groups -OCH3 is 2. The second kappa shape index (κ2) is 6.53. The normalized spacial score (nSPS) is 13.0. The van der Waals surface area contributed by atoms with E-state index in [1.807, 2.05) is 0 Å². The van der Waals surface area contributed by atoms with Crippen LogP contribution in [0.25, 0.3) is 0 Å². The van der Waals surface area contributed by atoms with Crippen molar-refractivity contribution >= 4 is 0 Å². The van der Waals surface area contributed by atoms with Gasteiger partial charge in [0.05, 0.1) is 13.2 Å². The second-order valence-electron chi connectivity index (χ2n) is 6.17. The third-order valence-corrected chi connectivity index (χ3v) is 4.65. The van der Waals surface area contributed by atoms with Crippen LogP contribution in [0.2, 0.25) is 0 Å². The summed E-state index contributed by atoms with van der Waals surface area (Å²) in [5, 5.41) is 0. The van der Waals surface area contributed by atoms with Gasteiger partial charge in [0.15, 0.2) is 0 Å². The molecule has 0 saturated carbocycles. The van der Waals surface area contributed by atoms with Crippen LogP contribution in [0.15, 0.2) is 30.3 Å². The molecule has 0 spiro atoms. The summed E-state index contributed by atoms with van der Waals surface area (Å²) >= 11 is 0. The van der Waals surface area contributed by atoms with Gasteiger partial charge >= 0.3 is 0 Å². The van der Waals surface area contributed by atoms with Crippen LogP contribution in [0, 0.1) is 11.3 Å². The third-order valence-electron chi connectivity index (χ3n) is 4.65. The fourth-order valence-electron chi connectivity index (χ4n) is 3.11. The fraction of sp³-hybridized carbons (Fsp3) is 0.647. The molecule has 1 aromatic carbocycles. The zero-order valence-electron chi connectivity index (χ0n) is 13.2. The van der Waals surface area contributed by atoms with Crippen LogP contribution < -0.4 is 0 Å². The monoisotopic (exact) mass is 264 g/mol. The summed E-state index contributed by atoms with van der Waals surface area (Å²) in [6, 6.07) is 10.7. The molecular formula is C17H28O2. The third kappa shape index (κ3) is 3.01. The molecule has 0 radical (unpaired) electrons. The molecule has 0 saturated heterocycles. The maximum absolute atomic E-state index is 5.55. The topological polar surface area (TPSA) is 18.5 Å². The number of ether oxygens (including phenoxy) is 2. The first-order valence-corrected chi connectivity index (χ1v) is 6.96. The summed E-state index contributed by atoms with van der Waals surface area (Å²) in [5.41, 5.74) is 1.27. The van der Waals surface area contributed by atoms with Gasteiger partial charge in [0.25, 0.3) is 0 Å². The first-order valence-electron chi connectivity index (χ1n) is 6.96. The number of hydrogen-bond donors (Lipinski definition) is 0. The Morgan fingerprint density at radius 2 is 1.42 bits per heavy atom. The minimum Gasteiger partial charge on any atom is -0.384 e. The van der Waals surface area contributed by atoms with E-state index in [0.717, 1.165) is 0 Å². The lowest BCUT2D eigenvalue weighted by Crippen LogP contribution is -2.51. The van der Waals surface area contributed by atoms with Crippen molar-refractivity contribution in [1.82, 2.24) is 0 Å². The van der Waals surface area contributed by atoms with Crippen molar-refractivity contribution < 1.29 is 9.47 Å². The van der Waals surface area contributed by atoms with Crippen LogP contribution in [-0.4, -0.2) is 27.4 Å². The summed E-state index contributed by atoms with van der Waals surface area (Å²) in [5.74, 6) is 0.461. The van der Waals surface area contributed by atoms with Crippen LogP contribution in [0.5, 0.6) is 0 Å². The Balaban J connectivity index is 3.29. The molecule has 0 aromatic heterocycles.